The predicted molar refractivity (Wildman–Crippen MR) is 124 cm³/mol. The average Bonchev–Trinajstić information content (AvgIpc) is 3.27. The summed E-state index contributed by atoms with van der Waals surface area (Å²) >= 11 is 6.08. The van der Waals surface area contributed by atoms with Crippen molar-refractivity contribution in [2.75, 3.05) is 32.0 Å². The van der Waals surface area contributed by atoms with Crippen molar-refractivity contribution < 1.29 is 32.2 Å². The van der Waals surface area contributed by atoms with Gasteiger partial charge in [0.2, 0.25) is 0 Å². The van der Waals surface area contributed by atoms with Crippen LogP contribution in [0.3, 0.4) is 0 Å². The van der Waals surface area contributed by atoms with E-state index in [1.165, 1.54) is 33.5 Å². The molecule has 186 valence electrons. The van der Waals surface area contributed by atoms with Crippen LogP contribution in [-0.2, 0) is 0 Å². The van der Waals surface area contributed by atoms with E-state index in [1.54, 1.807) is 30.3 Å². The Balaban J connectivity index is 1.63. The normalized spacial score (nSPS) is 17.2. The zero-order valence-electron chi connectivity index (χ0n) is 18.9. The number of anilines is 2. The second kappa shape index (κ2) is 9.57. The molecule has 2 heterocycles. The highest BCUT2D eigenvalue weighted by Crippen LogP contribution is 2.44. The summed E-state index contributed by atoms with van der Waals surface area (Å²) in [6.07, 6.45) is -4.92. The van der Waals surface area contributed by atoms with Crippen LogP contribution < -0.4 is 24.8 Å². The molecule has 0 fully saturated rings. The van der Waals surface area contributed by atoms with Crippen LogP contribution in [0.15, 0.2) is 42.5 Å². The maximum absolute atomic E-state index is 14.0. The molecular weight excluding hydrogens is 489 g/mol. The SMILES string of the molecule is COc1ccc(NC(=O)c2cc3n(n2)[C@@H](C(F)(F)F)C[C@@H](c2ccc(OC)c(OC)c2)N3)cc1Cl. The number of methoxy groups -OCH3 is 3. The summed E-state index contributed by atoms with van der Waals surface area (Å²) in [6, 6.07) is 8.15. The maximum atomic E-state index is 14.0. The molecule has 3 aromatic rings. The first-order chi connectivity index (χ1) is 16.6. The quantitative estimate of drug-likeness (QED) is 0.457. The first-order valence-electron chi connectivity index (χ1n) is 10.4. The molecule has 1 amide bonds. The third kappa shape index (κ3) is 4.95. The van der Waals surface area contributed by atoms with Crippen LogP contribution in [-0.4, -0.2) is 43.2 Å². The third-order valence-electron chi connectivity index (χ3n) is 5.64. The van der Waals surface area contributed by atoms with Gasteiger partial charge >= 0.3 is 6.18 Å². The minimum atomic E-state index is -4.59. The number of nitrogens with one attached hydrogen (secondary N) is 2. The van der Waals surface area contributed by atoms with Crippen molar-refractivity contribution in [3.8, 4) is 17.2 Å². The Labute approximate surface area is 203 Å². The molecular formula is C23H22ClF3N4O4. The van der Waals surface area contributed by atoms with E-state index in [0.717, 1.165) is 4.68 Å². The topological polar surface area (TPSA) is 86.6 Å². The Morgan fingerprint density at radius 2 is 1.74 bits per heavy atom. The number of nitrogens with zero attached hydrogens (tertiary/aromatic N) is 2. The number of rotatable bonds is 6. The molecule has 0 saturated heterocycles. The summed E-state index contributed by atoms with van der Waals surface area (Å²) in [6.45, 7) is 0. The number of carbonyl (C=O) groups excluding carboxylic acids is 1. The summed E-state index contributed by atoms with van der Waals surface area (Å²) in [5.41, 5.74) is 0.736. The molecule has 0 spiro atoms. The van der Waals surface area contributed by atoms with Gasteiger partial charge in [-0.05, 0) is 35.9 Å². The van der Waals surface area contributed by atoms with Gasteiger partial charge in [-0.15, -0.1) is 0 Å². The Morgan fingerprint density at radius 3 is 2.37 bits per heavy atom. The number of halogens is 4. The van der Waals surface area contributed by atoms with Gasteiger partial charge in [-0.2, -0.15) is 18.3 Å². The molecule has 0 aliphatic carbocycles. The van der Waals surface area contributed by atoms with Gasteiger partial charge in [-0.25, -0.2) is 4.68 Å². The summed E-state index contributed by atoms with van der Waals surface area (Å²) < 4.78 is 58.3. The van der Waals surface area contributed by atoms with Crippen LogP contribution >= 0.6 is 11.6 Å². The maximum Gasteiger partial charge on any atom is 0.410 e. The Kier molecular flexibility index (Phi) is 6.70. The highest BCUT2D eigenvalue weighted by atomic mass is 35.5. The number of benzene rings is 2. The smallest absolute Gasteiger partial charge is 0.410 e. The molecule has 12 heteroatoms. The van der Waals surface area contributed by atoms with Gasteiger partial charge in [-0.3, -0.25) is 4.79 Å². The van der Waals surface area contributed by atoms with E-state index in [2.05, 4.69) is 15.7 Å². The van der Waals surface area contributed by atoms with Crippen molar-refractivity contribution in [2.45, 2.75) is 24.7 Å². The lowest BCUT2D eigenvalue weighted by molar-refractivity contribution is -0.173. The van der Waals surface area contributed by atoms with Crippen molar-refractivity contribution >= 4 is 29.0 Å². The average molecular weight is 511 g/mol. The standard InChI is InChI=1S/C23H22ClF3N4O4/c1-33-17-7-5-13(9-14(17)24)28-22(32)16-11-21-29-15(10-20(23(25,26)27)31(21)30-16)12-4-6-18(34-2)19(8-12)35-3/h4-9,11,15,20,29H,10H2,1-3H3,(H,28,32)/t15-,20+/m0/s1. The number of aromatic nitrogens is 2. The Bertz CT molecular complexity index is 1250. The minimum Gasteiger partial charge on any atom is -0.495 e. The molecule has 4 rings (SSSR count). The first kappa shape index (κ1) is 24.5. The van der Waals surface area contributed by atoms with Crippen molar-refractivity contribution in [3.05, 3.63) is 58.7 Å². The molecule has 8 nitrogen and oxygen atoms in total. The Morgan fingerprint density at radius 1 is 1.06 bits per heavy atom. The minimum absolute atomic E-state index is 0.0660. The number of alkyl halides is 3. The van der Waals surface area contributed by atoms with Crippen molar-refractivity contribution in [2.24, 2.45) is 0 Å². The predicted octanol–water partition coefficient (Wildman–Crippen LogP) is 5.47. The van der Waals surface area contributed by atoms with Crippen molar-refractivity contribution in [1.82, 2.24) is 9.78 Å². The number of hydrogen-bond donors (Lipinski definition) is 2. The van der Waals surface area contributed by atoms with Gasteiger partial charge < -0.3 is 24.8 Å². The molecule has 1 aliphatic rings. The fraction of sp³-hybridized carbons (Fsp3) is 0.304. The molecule has 0 bridgehead atoms. The van der Waals surface area contributed by atoms with Crippen LogP contribution in [0.2, 0.25) is 5.02 Å². The lowest BCUT2D eigenvalue weighted by Gasteiger charge is -2.33. The summed E-state index contributed by atoms with van der Waals surface area (Å²) in [4.78, 5) is 12.8. The van der Waals surface area contributed by atoms with E-state index in [-0.39, 0.29) is 23.0 Å². The van der Waals surface area contributed by atoms with Gasteiger partial charge in [0, 0.05) is 18.2 Å². The fourth-order valence-electron chi connectivity index (χ4n) is 3.91. The monoisotopic (exact) mass is 510 g/mol. The van der Waals surface area contributed by atoms with Crippen LogP contribution in [0, 0.1) is 0 Å². The van der Waals surface area contributed by atoms with E-state index < -0.39 is 24.2 Å². The first-order valence-corrected chi connectivity index (χ1v) is 10.8. The number of ether oxygens (including phenoxy) is 3. The summed E-state index contributed by atoms with van der Waals surface area (Å²) in [7, 11) is 4.37. The van der Waals surface area contributed by atoms with E-state index in [1.807, 2.05) is 0 Å². The number of fused-ring (bicyclic) bond motifs is 1. The van der Waals surface area contributed by atoms with Crippen LogP contribution in [0.4, 0.5) is 24.7 Å². The molecule has 2 N–H and O–H groups in total. The van der Waals surface area contributed by atoms with E-state index in [4.69, 9.17) is 25.8 Å². The second-order valence-corrected chi connectivity index (χ2v) is 8.17. The zero-order valence-corrected chi connectivity index (χ0v) is 19.7. The molecule has 1 aliphatic heterocycles. The van der Waals surface area contributed by atoms with Crippen molar-refractivity contribution in [3.63, 3.8) is 0 Å². The molecule has 35 heavy (non-hydrogen) atoms. The molecule has 2 aromatic carbocycles. The van der Waals surface area contributed by atoms with E-state index in [9.17, 15) is 18.0 Å². The molecule has 1 aromatic heterocycles. The summed E-state index contributed by atoms with van der Waals surface area (Å²) in [5.74, 6) is 0.657. The van der Waals surface area contributed by atoms with Gasteiger partial charge in [-0.1, -0.05) is 17.7 Å². The van der Waals surface area contributed by atoms with E-state index >= 15 is 0 Å². The highest BCUT2D eigenvalue weighted by Gasteiger charge is 2.47. The van der Waals surface area contributed by atoms with Crippen LogP contribution in [0.5, 0.6) is 17.2 Å². The molecule has 0 unspecified atom stereocenters. The lowest BCUT2D eigenvalue weighted by Crippen LogP contribution is -2.35. The fourth-order valence-corrected chi connectivity index (χ4v) is 4.17. The number of amides is 1. The highest BCUT2D eigenvalue weighted by molar-refractivity contribution is 6.32. The number of hydrogen-bond acceptors (Lipinski definition) is 6. The van der Waals surface area contributed by atoms with Gasteiger partial charge in [0.05, 0.1) is 32.4 Å². The third-order valence-corrected chi connectivity index (χ3v) is 5.94. The summed E-state index contributed by atoms with van der Waals surface area (Å²) in [5, 5.41) is 9.87. The lowest BCUT2D eigenvalue weighted by atomic mass is 9.96. The van der Waals surface area contributed by atoms with Crippen molar-refractivity contribution in [1.29, 1.82) is 0 Å². The molecule has 0 saturated carbocycles. The molecule has 0 radical (unpaired) electrons. The van der Waals surface area contributed by atoms with Gasteiger partial charge in [0.15, 0.2) is 23.2 Å². The van der Waals surface area contributed by atoms with Crippen LogP contribution in [0.25, 0.3) is 0 Å². The molecule has 2 atom stereocenters. The van der Waals surface area contributed by atoms with Crippen LogP contribution in [0.1, 0.15) is 34.6 Å². The zero-order chi connectivity index (χ0) is 25.3. The van der Waals surface area contributed by atoms with Gasteiger partial charge in [0.1, 0.15) is 11.6 Å². The Hall–Kier alpha value is -3.60. The second-order valence-electron chi connectivity index (χ2n) is 7.77. The largest absolute Gasteiger partial charge is 0.495 e. The van der Waals surface area contributed by atoms with Gasteiger partial charge in [0.25, 0.3) is 5.91 Å². The van der Waals surface area contributed by atoms with E-state index in [0.29, 0.717) is 28.5 Å². The number of carbonyl (C=O) groups is 1.